The molecule has 0 aromatic heterocycles. The zero-order valence-electron chi connectivity index (χ0n) is 12.3. The molecule has 2 aromatic carbocycles. The molecule has 1 N–H and O–H groups in total. The molecule has 4 heteroatoms. The lowest BCUT2D eigenvalue weighted by Gasteiger charge is -2.15. The van der Waals surface area contributed by atoms with Gasteiger partial charge in [0.05, 0.1) is 18.2 Å². The largest absolute Gasteiger partial charge is 0.495 e. The molecule has 0 aliphatic rings. The van der Waals surface area contributed by atoms with Gasteiger partial charge in [0.1, 0.15) is 17.6 Å². The summed E-state index contributed by atoms with van der Waals surface area (Å²) < 4.78 is 10.8. The van der Waals surface area contributed by atoms with E-state index >= 15 is 0 Å². The minimum Gasteiger partial charge on any atom is -0.495 e. The smallest absolute Gasteiger partial charge is 0.137 e. The predicted molar refractivity (Wildman–Crippen MR) is 84.3 cm³/mol. The lowest BCUT2D eigenvalue weighted by molar-refractivity contribution is 0.216. The van der Waals surface area contributed by atoms with E-state index in [2.05, 4.69) is 0 Å². The Morgan fingerprint density at radius 1 is 1.05 bits per heavy atom. The van der Waals surface area contributed by atoms with Crippen molar-refractivity contribution in [3.63, 3.8) is 0 Å². The number of hydrogen-bond acceptors (Lipinski definition) is 3. The molecular weight excluding hydrogens is 288 g/mol. The van der Waals surface area contributed by atoms with Gasteiger partial charge in [-0.25, -0.2) is 0 Å². The molecular formula is C17H19ClO3. The topological polar surface area (TPSA) is 38.7 Å². The molecule has 0 saturated carbocycles. The lowest BCUT2D eigenvalue weighted by Crippen LogP contribution is -2.06. The molecule has 21 heavy (non-hydrogen) atoms. The van der Waals surface area contributed by atoms with Crippen LogP contribution < -0.4 is 9.47 Å². The van der Waals surface area contributed by atoms with Crippen molar-refractivity contribution in [2.75, 3.05) is 7.11 Å². The van der Waals surface area contributed by atoms with E-state index in [4.69, 9.17) is 21.1 Å². The van der Waals surface area contributed by atoms with E-state index in [1.165, 1.54) is 0 Å². The third-order valence-corrected chi connectivity index (χ3v) is 3.35. The Balaban J connectivity index is 2.29. The molecule has 0 aliphatic heterocycles. The second-order valence-corrected chi connectivity index (χ2v) is 5.44. The summed E-state index contributed by atoms with van der Waals surface area (Å²) in [5, 5.41) is 11.0. The number of halogens is 1. The van der Waals surface area contributed by atoms with Gasteiger partial charge >= 0.3 is 0 Å². The summed E-state index contributed by atoms with van der Waals surface area (Å²) in [5.74, 6) is 1.28. The highest BCUT2D eigenvalue weighted by Gasteiger charge is 2.13. The first kappa shape index (κ1) is 15.7. The van der Waals surface area contributed by atoms with Gasteiger partial charge in [-0.05, 0) is 49.2 Å². The summed E-state index contributed by atoms with van der Waals surface area (Å²) >= 11 is 6.00. The van der Waals surface area contributed by atoms with Gasteiger partial charge in [0.25, 0.3) is 0 Å². The fourth-order valence-electron chi connectivity index (χ4n) is 2.07. The van der Waals surface area contributed by atoms with Crippen LogP contribution in [0.4, 0.5) is 0 Å². The van der Waals surface area contributed by atoms with Gasteiger partial charge in [-0.1, -0.05) is 29.8 Å². The zero-order valence-corrected chi connectivity index (χ0v) is 13.1. The maximum atomic E-state index is 10.5. The number of benzene rings is 2. The Kier molecular flexibility index (Phi) is 5.10. The van der Waals surface area contributed by atoms with E-state index in [0.29, 0.717) is 10.8 Å². The molecule has 0 radical (unpaired) electrons. The fourth-order valence-corrected chi connectivity index (χ4v) is 2.26. The second-order valence-electron chi connectivity index (χ2n) is 5.04. The first-order chi connectivity index (χ1) is 10.0. The van der Waals surface area contributed by atoms with Crippen LogP contribution in [-0.2, 0) is 0 Å². The van der Waals surface area contributed by atoms with Crippen LogP contribution in [0.25, 0.3) is 0 Å². The van der Waals surface area contributed by atoms with Crippen LogP contribution in [0.5, 0.6) is 11.5 Å². The number of hydrogen-bond donors (Lipinski definition) is 1. The number of ether oxygens (including phenoxy) is 2. The molecule has 0 heterocycles. The third-order valence-electron chi connectivity index (χ3n) is 3.04. The van der Waals surface area contributed by atoms with Crippen LogP contribution in [-0.4, -0.2) is 18.3 Å². The molecule has 0 aliphatic carbocycles. The predicted octanol–water partition coefficient (Wildman–Crippen LogP) is 4.22. The quantitative estimate of drug-likeness (QED) is 0.899. The molecule has 0 fully saturated rings. The Hall–Kier alpha value is -1.71. The van der Waals surface area contributed by atoms with Crippen LogP contribution in [0.1, 0.15) is 31.1 Å². The highest BCUT2D eigenvalue weighted by Crippen LogP contribution is 2.31. The summed E-state index contributed by atoms with van der Waals surface area (Å²) in [5.41, 5.74) is 1.48. The van der Waals surface area contributed by atoms with Gasteiger partial charge in [-0.3, -0.25) is 0 Å². The highest BCUT2D eigenvalue weighted by atomic mass is 35.5. The first-order valence-corrected chi connectivity index (χ1v) is 7.17. The van der Waals surface area contributed by atoms with Crippen molar-refractivity contribution in [2.24, 2.45) is 0 Å². The van der Waals surface area contributed by atoms with Crippen LogP contribution >= 0.6 is 11.6 Å². The van der Waals surface area contributed by atoms with Crippen LogP contribution in [0, 0.1) is 0 Å². The number of rotatable bonds is 5. The van der Waals surface area contributed by atoms with E-state index in [1.54, 1.807) is 25.3 Å². The van der Waals surface area contributed by atoms with Gasteiger partial charge < -0.3 is 14.6 Å². The third kappa shape index (κ3) is 3.90. The van der Waals surface area contributed by atoms with Gasteiger partial charge in [-0.15, -0.1) is 0 Å². The number of aliphatic hydroxyl groups is 1. The van der Waals surface area contributed by atoms with Gasteiger partial charge in [0.2, 0.25) is 0 Å². The van der Waals surface area contributed by atoms with Crippen LogP contribution in [0.2, 0.25) is 5.02 Å². The normalized spacial score (nSPS) is 12.3. The summed E-state index contributed by atoms with van der Waals surface area (Å²) in [6.07, 6.45) is -0.667. The molecule has 0 saturated heterocycles. The van der Waals surface area contributed by atoms with Crippen LogP contribution in [0.15, 0.2) is 42.5 Å². The Morgan fingerprint density at radius 2 is 1.76 bits per heavy atom. The Bertz CT molecular complexity index is 611. The minimum absolute atomic E-state index is 0.0908. The Labute approximate surface area is 130 Å². The van der Waals surface area contributed by atoms with Gasteiger partial charge in [0, 0.05) is 0 Å². The van der Waals surface area contributed by atoms with Crippen molar-refractivity contribution < 1.29 is 14.6 Å². The molecule has 1 atom stereocenters. The van der Waals surface area contributed by atoms with Gasteiger partial charge in [-0.2, -0.15) is 0 Å². The van der Waals surface area contributed by atoms with Crippen molar-refractivity contribution in [3.8, 4) is 11.5 Å². The van der Waals surface area contributed by atoms with Crippen LogP contribution in [0.3, 0.4) is 0 Å². The fraction of sp³-hybridized carbons (Fsp3) is 0.294. The SMILES string of the molecule is COc1cc(C(O)c2cccc(OC(C)C)c2)ccc1Cl. The molecule has 0 spiro atoms. The molecule has 1 unspecified atom stereocenters. The number of aliphatic hydroxyl groups excluding tert-OH is 1. The van der Waals surface area contributed by atoms with Crippen molar-refractivity contribution in [3.05, 3.63) is 58.6 Å². The van der Waals surface area contributed by atoms with Crippen molar-refractivity contribution >= 4 is 11.6 Å². The van der Waals surface area contributed by atoms with E-state index in [-0.39, 0.29) is 6.10 Å². The highest BCUT2D eigenvalue weighted by molar-refractivity contribution is 6.32. The molecule has 3 nitrogen and oxygen atoms in total. The second kappa shape index (κ2) is 6.83. The van der Waals surface area contributed by atoms with E-state index in [9.17, 15) is 5.11 Å². The molecule has 0 amide bonds. The molecule has 2 aromatic rings. The van der Waals surface area contributed by atoms with E-state index in [1.807, 2.05) is 38.1 Å². The standard InChI is InChI=1S/C17H19ClO3/c1-11(2)21-14-6-4-5-12(9-14)17(19)13-7-8-15(18)16(10-13)20-3/h4-11,17,19H,1-3H3. The zero-order chi connectivity index (χ0) is 15.4. The number of methoxy groups -OCH3 is 1. The van der Waals surface area contributed by atoms with E-state index in [0.717, 1.165) is 16.9 Å². The van der Waals surface area contributed by atoms with Crippen molar-refractivity contribution in [1.29, 1.82) is 0 Å². The molecule has 0 bridgehead atoms. The average Bonchev–Trinajstić information content (AvgIpc) is 2.46. The minimum atomic E-state index is -0.758. The van der Waals surface area contributed by atoms with Crippen molar-refractivity contribution in [2.45, 2.75) is 26.1 Å². The van der Waals surface area contributed by atoms with E-state index < -0.39 is 6.10 Å². The molecule has 112 valence electrons. The Morgan fingerprint density at radius 3 is 2.43 bits per heavy atom. The summed E-state index contributed by atoms with van der Waals surface area (Å²) in [7, 11) is 1.55. The summed E-state index contributed by atoms with van der Waals surface area (Å²) in [6.45, 7) is 3.93. The summed E-state index contributed by atoms with van der Waals surface area (Å²) in [6, 6.07) is 12.7. The maximum absolute atomic E-state index is 10.5. The first-order valence-electron chi connectivity index (χ1n) is 6.79. The lowest BCUT2D eigenvalue weighted by atomic mass is 10.0. The van der Waals surface area contributed by atoms with Gasteiger partial charge in [0.15, 0.2) is 0 Å². The van der Waals surface area contributed by atoms with Crippen molar-refractivity contribution in [1.82, 2.24) is 0 Å². The average molecular weight is 307 g/mol. The molecule has 2 rings (SSSR count). The summed E-state index contributed by atoms with van der Waals surface area (Å²) in [4.78, 5) is 0. The maximum Gasteiger partial charge on any atom is 0.137 e. The monoisotopic (exact) mass is 306 g/mol.